The maximum Gasteiger partial charge on any atom is 0.269 e. The zero-order valence-electron chi connectivity index (χ0n) is 14.7. The number of hydrogen-bond acceptors (Lipinski definition) is 5. The Kier molecular flexibility index (Phi) is 4.85. The molecule has 2 aromatic carbocycles. The fourth-order valence-electron chi connectivity index (χ4n) is 3.49. The zero-order chi connectivity index (χ0) is 18.8. The first-order valence-corrected chi connectivity index (χ1v) is 9.78. The number of benzene rings is 2. The Labute approximate surface area is 160 Å². The molecule has 1 fully saturated rings. The van der Waals surface area contributed by atoms with Gasteiger partial charge in [-0.05, 0) is 30.5 Å². The lowest BCUT2D eigenvalue weighted by molar-refractivity contribution is -0.384. The summed E-state index contributed by atoms with van der Waals surface area (Å²) in [7, 11) is 0. The van der Waals surface area contributed by atoms with Crippen molar-refractivity contribution in [1.82, 2.24) is 9.88 Å². The number of aromatic nitrogens is 1. The van der Waals surface area contributed by atoms with E-state index in [1.807, 2.05) is 23.1 Å². The SMILES string of the molecule is O=C(Cc1ccc([N+](=O)[O-])cc1)N1CCCC(c2nc3ccccc3s2)C1. The van der Waals surface area contributed by atoms with Crippen molar-refractivity contribution in [3.63, 3.8) is 0 Å². The smallest absolute Gasteiger partial charge is 0.269 e. The van der Waals surface area contributed by atoms with Gasteiger partial charge in [0.25, 0.3) is 5.69 Å². The van der Waals surface area contributed by atoms with Crippen molar-refractivity contribution >= 4 is 33.1 Å². The van der Waals surface area contributed by atoms with Crippen LogP contribution in [0.15, 0.2) is 48.5 Å². The molecule has 1 aliphatic heterocycles. The van der Waals surface area contributed by atoms with Gasteiger partial charge in [0.1, 0.15) is 0 Å². The van der Waals surface area contributed by atoms with E-state index in [1.54, 1.807) is 23.5 Å². The van der Waals surface area contributed by atoms with Crippen LogP contribution in [-0.2, 0) is 11.2 Å². The molecule has 0 saturated carbocycles. The largest absolute Gasteiger partial charge is 0.342 e. The number of hydrogen-bond donors (Lipinski definition) is 0. The van der Waals surface area contributed by atoms with Crippen molar-refractivity contribution in [2.45, 2.75) is 25.2 Å². The van der Waals surface area contributed by atoms with Crippen LogP contribution in [0.25, 0.3) is 10.2 Å². The number of thiazole rings is 1. The molecule has 1 aliphatic rings. The summed E-state index contributed by atoms with van der Waals surface area (Å²) in [4.78, 5) is 29.7. The number of amides is 1. The lowest BCUT2D eigenvalue weighted by atomic mass is 9.98. The van der Waals surface area contributed by atoms with E-state index in [0.29, 0.717) is 6.54 Å². The average molecular weight is 381 g/mol. The number of likely N-dealkylation sites (tertiary alicyclic amines) is 1. The van der Waals surface area contributed by atoms with Crippen LogP contribution in [0.2, 0.25) is 0 Å². The summed E-state index contributed by atoms with van der Waals surface area (Å²) < 4.78 is 1.18. The van der Waals surface area contributed by atoms with Crippen molar-refractivity contribution in [2.24, 2.45) is 0 Å². The number of piperidine rings is 1. The molecule has 0 aliphatic carbocycles. The molecule has 4 rings (SSSR count). The van der Waals surface area contributed by atoms with Crippen molar-refractivity contribution in [3.8, 4) is 0 Å². The summed E-state index contributed by atoms with van der Waals surface area (Å²) in [5, 5.41) is 11.8. The third kappa shape index (κ3) is 3.83. The summed E-state index contributed by atoms with van der Waals surface area (Å²) in [5.41, 5.74) is 1.86. The molecule has 27 heavy (non-hydrogen) atoms. The number of nitro groups is 1. The predicted octanol–water partition coefficient (Wildman–Crippen LogP) is 4.15. The van der Waals surface area contributed by atoms with Gasteiger partial charge in [0.2, 0.25) is 5.91 Å². The molecule has 0 N–H and O–H groups in total. The third-order valence-electron chi connectivity index (χ3n) is 4.94. The van der Waals surface area contributed by atoms with Gasteiger partial charge in [-0.1, -0.05) is 24.3 Å². The first kappa shape index (κ1) is 17.6. The highest BCUT2D eigenvalue weighted by Gasteiger charge is 2.27. The quantitative estimate of drug-likeness (QED) is 0.502. The second-order valence-electron chi connectivity index (χ2n) is 6.80. The third-order valence-corrected chi connectivity index (χ3v) is 6.14. The van der Waals surface area contributed by atoms with E-state index in [4.69, 9.17) is 4.98 Å². The van der Waals surface area contributed by atoms with Crippen molar-refractivity contribution in [1.29, 1.82) is 0 Å². The number of rotatable bonds is 4. The van der Waals surface area contributed by atoms with Crippen LogP contribution < -0.4 is 0 Å². The predicted molar refractivity (Wildman–Crippen MR) is 105 cm³/mol. The molecule has 0 bridgehead atoms. The number of non-ortho nitro benzene ring substituents is 1. The molecule has 6 nitrogen and oxygen atoms in total. The molecule has 1 amide bonds. The first-order chi connectivity index (χ1) is 13.1. The molecule has 3 aromatic rings. The first-order valence-electron chi connectivity index (χ1n) is 8.97. The lowest BCUT2D eigenvalue weighted by Crippen LogP contribution is -2.39. The van der Waals surface area contributed by atoms with E-state index in [9.17, 15) is 14.9 Å². The average Bonchev–Trinajstić information content (AvgIpc) is 3.13. The van der Waals surface area contributed by atoms with E-state index in [2.05, 4.69) is 6.07 Å². The summed E-state index contributed by atoms with van der Waals surface area (Å²) in [6, 6.07) is 14.3. The maximum absolute atomic E-state index is 12.7. The van der Waals surface area contributed by atoms with Gasteiger partial charge < -0.3 is 4.90 Å². The number of nitrogens with zero attached hydrogens (tertiary/aromatic N) is 3. The minimum Gasteiger partial charge on any atom is -0.342 e. The molecular formula is C20H19N3O3S. The molecular weight excluding hydrogens is 362 g/mol. The van der Waals surface area contributed by atoms with Gasteiger partial charge in [-0.3, -0.25) is 14.9 Å². The summed E-state index contributed by atoms with van der Waals surface area (Å²) in [5.74, 6) is 0.339. The van der Waals surface area contributed by atoms with Gasteiger partial charge in [-0.2, -0.15) is 0 Å². The number of fused-ring (bicyclic) bond motifs is 1. The molecule has 1 aromatic heterocycles. The normalized spacial score (nSPS) is 17.2. The van der Waals surface area contributed by atoms with Crippen LogP contribution in [0, 0.1) is 10.1 Å². The van der Waals surface area contributed by atoms with Crippen LogP contribution in [0.5, 0.6) is 0 Å². The molecule has 1 saturated heterocycles. The summed E-state index contributed by atoms with van der Waals surface area (Å²) in [6.07, 6.45) is 2.28. The Hall–Kier alpha value is -2.80. The molecule has 2 heterocycles. The number of nitro benzene ring substituents is 1. The monoisotopic (exact) mass is 381 g/mol. The fourth-order valence-corrected chi connectivity index (χ4v) is 4.59. The van der Waals surface area contributed by atoms with Gasteiger partial charge in [0.05, 0.1) is 26.6 Å². The Balaban J connectivity index is 1.44. The van der Waals surface area contributed by atoms with E-state index in [-0.39, 0.29) is 23.9 Å². The second kappa shape index (κ2) is 7.44. The van der Waals surface area contributed by atoms with Gasteiger partial charge in [0, 0.05) is 31.1 Å². The van der Waals surface area contributed by atoms with Crippen molar-refractivity contribution < 1.29 is 9.72 Å². The highest BCUT2D eigenvalue weighted by atomic mass is 32.1. The van der Waals surface area contributed by atoms with Gasteiger partial charge in [0.15, 0.2) is 0 Å². The Morgan fingerprint density at radius 1 is 1.22 bits per heavy atom. The highest BCUT2D eigenvalue weighted by molar-refractivity contribution is 7.18. The van der Waals surface area contributed by atoms with Crippen LogP contribution in [0.1, 0.15) is 29.3 Å². The topological polar surface area (TPSA) is 76.3 Å². The Bertz CT molecular complexity index is 951. The second-order valence-corrected chi connectivity index (χ2v) is 7.86. The minimum atomic E-state index is -0.432. The molecule has 138 valence electrons. The van der Waals surface area contributed by atoms with Crippen LogP contribution in [0.4, 0.5) is 5.69 Å². The number of carbonyl (C=O) groups is 1. The Morgan fingerprint density at radius 3 is 2.74 bits per heavy atom. The van der Waals surface area contributed by atoms with E-state index in [0.717, 1.165) is 35.5 Å². The van der Waals surface area contributed by atoms with Crippen LogP contribution >= 0.6 is 11.3 Å². The summed E-state index contributed by atoms with van der Waals surface area (Å²) >= 11 is 1.71. The van der Waals surface area contributed by atoms with Crippen molar-refractivity contribution in [2.75, 3.05) is 13.1 Å². The zero-order valence-corrected chi connectivity index (χ0v) is 15.5. The standard InChI is InChI=1S/C20H19N3O3S/c24-19(12-14-7-9-16(10-8-14)23(25)26)22-11-3-4-15(13-22)20-21-17-5-1-2-6-18(17)27-20/h1-2,5-10,15H,3-4,11-13H2. The van der Waals surface area contributed by atoms with Gasteiger partial charge in [-0.15, -0.1) is 11.3 Å². The van der Waals surface area contributed by atoms with E-state index < -0.39 is 4.92 Å². The fraction of sp³-hybridized carbons (Fsp3) is 0.300. The van der Waals surface area contributed by atoms with Crippen LogP contribution in [0.3, 0.4) is 0 Å². The van der Waals surface area contributed by atoms with Gasteiger partial charge >= 0.3 is 0 Å². The number of para-hydroxylation sites is 1. The minimum absolute atomic E-state index is 0.0417. The lowest BCUT2D eigenvalue weighted by Gasteiger charge is -2.32. The molecule has 1 unspecified atom stereocenters. The Morgan fingerprint density at radius 2 is 2.00 bits per heavy atom. The van der Waals surface area contributed by atoms with Crippen molar-refractivity contribution in [3.05, 3.63) is 69.2 Å². The number of carbonyl (C=O) groups excluding carboxylic acids is 1. The molecule has 0 radical (unpaired) electrons. The van der Waals surface area contributed by atoms with E-state index in [1.165, 1.54) is 16.8 Å². The van der Waals surface area contributed by atoms with E-state index >= 15 is 0 Å². The van der Waals surface area contributed by atoms with Gasteiger partial charge in [-0.25, -0.2) is 4.98 Å². The highest BCUT2D eigenvalue weighted by Crippen LogP contribution is 2.33. The maximum atomic E-state index is 12.7. The molecule has 7 heteroatoms. The van der Waals surface area contributed by atoms with Crippen LogP contribution in [-0.4, -0.2) is 33.8 Å². The molecule has 0 spiro atoms. The summed E-state index contributed by atoms with van der Waals surface area (Å²) in [6.45, 7) is 1.44. The molecule has 1 atom stereocenters.